The van der Waals surface area contributed by atoms with Crippen molar-refractivity contribution >= 4 is 15.9 Å². The summed E-state index contributed by atoms with van der Waals surface area (Å²) in [5.41, 5.74) is 0. The molecule has 0 radical (unpaired) electrons. The molecule has 0 aliphatic rings. The van der Waals surface area contributed by atoms with E-state index >= 15 is 0 Å². The van der Waals surface area contributed by atoms with E-state index in [9.17, 15) is 0 Å². The molecule has 0 bridgehead atoms. The molecule has 0 amide bonds. The molecule has 0 fully saturated rings. The first-order valence-electron chi connectivity index (χ1n) is 5.22. The summed E-state index contributed by atoms with van der Waals surface area (Å²) in [4.78, 5) is 0. The summed E-state index contributed by atoms with van der Waals surface area (Å²) in [5.74, 6) is 2.05. The number of halogens is 1. The molecule has 1 rings (SSSR count). The molecule has 1 aromatic rings. The predicted molar refractivity (Wildman–Crippen MR) is 63.1 cm³/mol. The molecular formula is C10H18BrN3O. The molecule has 0 saturated heterocycles. The standard InChI is InChI=1S/C10H18BrN3O/c1-4-14-9(6-5-8(2)15-3)12-13-10(14)7-11/h8H,4-7H2,1-3H3. The Morgan fingerprint density at radius 2 is 2.07 bits per heavy atom. The van der Waals surface area contributed by atoms with Crippen molar-refractivity contribution < 1.29 is 4.74 Å². The Morgan fingerprint density at radius 3 is 2.60 bits per heavy atom. The quantitative estimate of drug-likeness (QED) is 0.747. The van der Waals surface area contributed by atoms with Crippen LogP contribution in [-0.2, 0) is 23.0 Å². The van der Waals surface area contributed by atoms with Crippen LogP contribution in [0, 0.1) is 0 Å². The molecule has 5 heteroatoms. The summed E-state index contributed by atoms with van der Waals surface area (Å²) in [7, 11) is 1.74. The fourth-order valence-electron chi connectivity index (χ4n) is 1.47. The number of alkyl halides is 1. The van der Waals surface area contributed by atoms with Crippen LogP contribution in [0.15, 0.2) is 0 Å². The average Bonchev–Trinajstić information content (AvgIpc) is 2.67. The SMILES string of the molecule is CCn1c(CBr)nnc1CCC(C)OC. The topological polar surface area (TPSA) is 39.9 Å². The maximum atomic E-state index is 5.21. The van der Waals surface area contributed by atoms with Gasteiger partial charge in [-0.3, -0.25) is 0 Å². The molecule has 1 atom stereocenters. The third-order valence-electron chi connectivity index (χ3n) is 2.52. The van der Waals surface area contributed by atoms with Crippen molar-refractivity contribution in [1.82, 2.24) is 14.8 Å². The van der Waals surface area contributed by atoms with Crippen LogP contribution >= 0.6 is 15.9 Å². The van der Waals surface area contributed by atoms with E-state index < -0.39 is 0 Å². The van der Waals surface area contributed by atoms with E-state index in [1.54, 1.807) is 7.11 Å². The molecule has 4 nitrogen and oxygen atoms in total. The Labute approximate surface area is 99.2 Å². The van der Waals surface area contributed by atoms with Gasteiger partial charge in [0.05, 0.1) is 11.4 Å². The number of methoxy groups -OCH3 is 1. The highest BCUT2D eigenvalue weighted by atomic mass is 79.9. The Bertz CT molecular complexity index is 301. The molecule has 86 valence electrons. The van der Waals surface area contributed by atoms with Crippen LogP contribution in [0.2, 0.25) is 0 Å². The van der Waals surface area contributed by atoms with Crippen LogP contribution in [0.1, 0.15) is 31.9 Å². The molecule has 0 spiro atoms. The van der Waals surface area contributed by atoms with E-state index in [1.807, 2.05) is 0 Å². The molecule has 0 N–H and O–H groups in total. The Balaban J connectivity index is 2.64. The molecule has 1 unspecified atom stereocenters. The highest BCUT2D eigenvalue weighted by Crippen LogP contribution is 2.09. The van der Waals surface area contributed by atoms with Gasteiger partial charge >= 0.3 is 0 Å². The summed E-state index contributed by atoms with van der Waals surface area (Å²) >= 11 is 3.41. The van der Waals surface area contributed by atoms with Gasteiger partial charge in [-0.15, -0.1) is 10.2 Å². The van der Waals surface area contributed by atoms with Crippen molar-refractivity contribution in [3.63, 3.8) is 0 Å². The first-order valence-corrected chi connectivity index (χ1v) is 6.34. The smallest absolute Gasteiger partial charge is 0.143 e. The second kappa shape index (κ2) is 6.23. The summed E-state index contributed by atoms with van der Waals surface area (Å²) in [6.45, 7) is 5.10. The van der Waals surface area contributed by atoms with Crippen molar-refractivity contribution in [2.75, 3.05) is 7.11 Å². The van der Waals surface area contributed by atoms with E-state index in [4.69, 9.17) is 4.74 Å². The minimum Gasteiger partial charge on any atom is -0.382 e. The second-order valence-electron chi connectivity index (χ2n) is 3.50. The minimum atomic E-state index is 0.277. The second-order valence-corrected chi connectivity index (χ2v) is 4.06. The van der Waals surface area contributed by atoms with Crippen LogP contribution in [0.25, 0.3) is 0 Å². The third-order valence-corrected chi connectivity index (χ3v) is 3.02. The van der Waals surface area contributed by atoms with Gasteiger partial charge in [-0.05, 0) is 20.3 Å². The number of hydrogen-bond donors (Lipinski definition) is 0. The Kier molecular flexibility index (Phi) is 5.25. The summed E-state index contributed by atoms with van der Waals surface area (Å²) in [6, 6.07) is 0. The first-order chi connectivity index (χ1) is 7.22. The van der Waals surface area contributed by atoms with Gasteiger partial charge in [-0.25, -0.2) is 0 Å². The Morgan fingerprint density at radius 1 is 1.40 bits per heavy atom. The van der Waals surface area contributed by atoms with Gasteiger partial charge < -0.3 is 9.30 Å². The minimum absolute atomic E-state index is 0.277. The molecule has 1 aromatic heterocycles. The van der Waals surface area contributed by atoms with Crippen molar-refractivity contribution in [3.8, 4) is 0 Å². The zero-order valence-corrected chi connectivity index (χ0v) is 11.1. The highest BCUT2D eigenvalue weighted by molar-refractivity contribution is 9.08. The van der Waals surface area contributed by atoms with Crippen LogP contribution in [0.5, 0.6) is 0 Å². The molecular weight excluding hydrogens is 258 g/mol. The average molecular weight is 276 g/mol. The molecule has 0 aliphatic carbocycles. The van der Waals surface area contributed by atoms with Gasteiger partial charge in [0, 0.05) is 20.1 Å². The number of rotatable bonds is 6. The third kappa shape index (κ3) is 3.28. The predicted octanol–water partition coefficient (Wildman–Crippen LogP) is 2.16. The number of nitrogens with zero attached hydrogens (tertiary/aromatic N) is 3. The van der Waals surface area contributed by atoms with E-state index in [2.05, 4.69) is 44.5 Å². The zero-order valence-electron chi connectivity index (χ0n) is 9.53. The van der Waals surface area contributed by atoms with Crippen LogP contribution in [-0.4, -0.2) is 28.0 Å². The van der Waals surface area contributed by atoms with Crippen LogP contribution < -0.4 is 0 Å². The number of hydrogen-bond acceptors (Lipinski definition) is 3. The van der Waals surface area contributed by atoms with Gasteiger partial charge in [0.15, 0.2) is 0 Å². The maximum absolute atomic E-state index is 5.21. The number of ether oxygens (including phenoxy) is 1. The summed E-state index contributed by atoms with van der Waals surface area (Å²) < 4.78 is 7.36. The van der Waals surface area contributed by atoms with Crippen LogP contribution in [0.3, 0.4) is 0 Å². The fraction of sp³-hybridized carbons (Fsp3) is 0.800. The number of aromatic nitrogens is 3. The van der Waals surface area contributed by atoms with Crippen molar-refractivity contribution in [2.45, 2.75) is 44.7 Å². The summed E-state index contributed by atoms with van der Waals surface area (Å²) in [6.07, 6.45) is 2.18. The first kappa shape index (κ1) is 12.6. The van der Waals surface area contributed by atoms with Crippen molar-refractivity contribution in [1.29, 1.82) is 0 Å². The van der Waals surface area contributed by atoms with Gasteiger partial charge in [0.25, 0.3) is 0 Å². The van der Waals surface area contributed by atoms with E-state index in [-0.39, 0.29) is 6.10 Å². The lowest BCUT2D eigenvalue weighted by molar-refractivity contribution is 0.110. The van der Waals surface area contributed by atoms with Gasteiger partial charge in [-0.1, -0.05) is 15.9 Å². The number of aryl methyl sites for hydroxylation is 1. The van der Waals surface area contributed by atoms with E-state index in [0.717, 1.165) is 36.4 Å². The molecule has 0 aliphatic heterocycles. The van der Waals surface area contributed by atoms with E-state index in [0.29, 0.717) is 0 Å². The molecule has 0 aromatic carbocycles. The fourth-order valence-corrected chi connectivity index (χ4v) is 1.89. The lowest BCUT2D eigenvalue weighted by atomic mass is 10.2. The van der Waals surface area contributed by atoms with Gasteiger partial charge in [0.2, 0.25) is 0 Å². The lowest BCUT2D eigenvalue weighted by Gasteiger charge is -2.09. The lowest BCUT2D eigenvalue weighted by Crippen LogP contribution is -2.10. The largest absolute Gasteiger partial charge is 0.382 e. The summed E-state index contributed by atoms with van der Waals surface area (Å²) in [5, 5.41) is 9.08. The zero-order chi connectivity index (χ0) is 11.3. The maximum Gasteiger partial charge on any atom is 0.143 e. The highest BCUT2D eigenvalue weighted by Gasteiger charge is 2.10. The molecule has 0 saturated carbocycles. The van der Waals surface area contributed by atoms with Crippen LogP contribution in [0.4, 0.5) is 0 Å². The Hall–Kier alpha value is -0.420. The monoisotopic (exact) mass is 275 g/mol. The molecule has 1 heterocycles. The van der Waals surface area contributed by atoms with Gasteiger partial charge in [0.1, 0.15) is 11.6 Å². The normalized spacial score (nSPS) is 13.1. The van der Waals surface area contributed by atoms with E-state index in [1.165, 1.54) is 0 Å². The van der Waals surface area contributed by atoms with Gasteiger partial charge in [-0.2, -0.15) is 0 Å². The van der Waals surface area contributed by atoms with Crippen molar-refractivity contribution in [2.24, 2.45) is 0 Å². The van der Waals surface area contributed by atoms with Crippen molar-refractivity contribution in [3.05, 3.63) is 11.6 Å². The molecule has 15 heavy (non-hydrogen) atoms.